The first-order valence-electron chi connectivity index (χ1n) is 57.7. The maximum Gasteiger partial charge on any atom is 0.192 e. The van der Waals surface area contributed by atoms with Crippen LogP contribution >= 0.6 is 0 Å². The van der Waals surface area contributed by atoms with Gasteiger partial charge in [-0.3, -0.25) is 38.1 Å². The molecule has 828 valence electrons. The zero-order valence-electron chi connectivity index (χ0n) is 97.2. The second kappa shape index (κ2) is 41.8. The molecule has 16 aliphatic carbocycles. The number of allylic oxidation sites excluding steroid dienone is 3. The van der Waals surface area contributed by atoms with Crippen LogP contribution < -0.4 is 0 Å². The highest BCUT2D eigenvalue weighted by Gasteiger charge is 2.67. The van der Waals surface area contributed by atoms with Crippen LogP contribution in [0.3, 0.4) is 0 Å². The number of Topliss-reactive ketones (excluding diaryl/α,β-unsaturated/α-hetero) is 6. The van der Waals surface area contributed by atoms with Gasteiger partial charge in [-0.05, 0) is 264 Å². The lowest BCUT2D eigenvalue weighted by atomic mass is 9.62. The molecule has 0 aromatic carbocycles. The summed E-state index contributed by atoms with van der Waals surface area (Å²) in [6.45, 7) is 75.8. The molecule has 4 spiro atoms. The van der Waals surface area contributed by atoms with Gasteiger partial charge in [0.25, 0.3) is 0 Å². The molecule has 0 unspecified atom stereocenters. The SMILES string of the molecule is CC1=C2CC[C@H](O[Si](C)(C)C(C)(C)C)[C@@]2(C)CCC1=O.C[C@@H]1C(=O)/C(=C\O)C[C@]2(C)c3nn(C)cc3C[C@@H]12.C[C@@H]1C(=O)CC[C@]2(C)[C@@H](O[Si](C)(C)C(C)(C)C)CC[C@@H]12.C[C@@H]1C(=O)CC[C@]2(C)c3nn(C)cc3C[C@@H]12.C[C@H]1[C@@H]2C/C(=C/O)C(=O)[C@@]2(C)CCC12OCCO2.C[C@H]1[C@@H]2CCC(=O)[C@@]2(C)CCC12OCCO2.C[C@H]1[C@@H]2CC[C@H](O)[C@@]2(C)CCC12OCCO2.C[C@H]1[C@@H]2CC[C@H](O[Si](C)(C)C(C)(C)C)[C@@]2(C)CCC12OCCO2. The quantitative estimate of drug-likeness (QED) is 0.137. The molecule has 20 aliphatic rings. The number of aryl methyl sites for hydroxylation is 2. The van der Waals surface area contributed by atoms with Gasteiger partial charge >= 0.3 is 0 Å². The Morgan fingerprint density at radius 1 is 0.381 bits per heavy atom. The molecule has 4 saturated heterocycles. The van der Waals surface area contributed by atoms with E-state index in [4.69, 9.17) is 51.2 Å². The molecule has 13 saturated carbocycles. The van der Waals surface area contributed by atoms with Crippen LogP contribution in [0.15, 0.2) is 47.2 Å². The number of aliphatic hydroxyl groups excluding tert-OH is 3. The molecule has 2 aromatic heterocycles. The largest absolute Gasteiger partial charge is 0.515 e. The van der Waals surface area contributed by atoms with Crippen LogP contribution in [0, 0.1) is 115 Å². The van der Waals surface area contributed by atoms with Crippen molar-refractivity contribution in [2.24, 2.45) is 129 Å². The van der Waals surface area contributed by atoms with Crippen LogP contribution in [0.1, 0.15) is 363 Å². The minimum Gasteiger partial charge on any atom is -0.515 e. The Hall–Kier alpha value is -4.57. The number of carbonyl (C=O) groups is 6. The summed E-state index contributed by atoms with van der Waals surface area (Å²) in [5.74, 6) is 5.45. The number of aliphatic hydroxyl groups is 3. The highest BCUT2D eigenvalue weighted by atomic mass is 28.4. The third-order valence-electron chi connectivity index (χ3n) is 45.7. The van der Waals surface area contributed by atoms with Gasteiger partial charge in [-0.2, -0.15) is 10.2 Å². The number of ketones is 6. The highest BCUT2D eigenvalue weighted by Crippen LogP contribution is 2.67. The van der Waals surface area contributed by atoms with Gasteiger partial charge in [-0.15, -0.1) is 0 Å². The molecule has 3 N–H and O–H groups in total. The van der Waals surface area contributed by atoms with Gasteiger partial charge in [0.05, 0.1) is 101 Å². The van der Waals surface area contributed by atoms with E-state index in [1.54, 1.807) is 0 Å². The number of hydrogen-bond donors (Lipinski definition) is 3. The molecule has 0 radical (unpaired) electrons. The smallest absolute Gasteiger partial charge is 0.192 e. The van der Waals surface area contributed by atoms with E-state index in [-0.39, 0.29) is 123 Å². The molecule has 147 heavy (non-hydrogen) atoms. The van der Waals surface area contributed by atoms with Crippen molar-refractivity contribution in [3.05, 3.63) is 69.7 Å². The number of fused-ring (bicyclic) bond motifs is 12. The van der Waals surface area contributed by atoms with E-state index < -0.39 is 30.7 Å². The van der Waals surface area contributed by atoms with Gasteiger partial charge < -0.3 is 66.5 Å². The minimum absolute atomic E-state index is 0.0401. The summed E-state index contributed by atoms with van der Waals surface area (Å²) in [7, 11) is -1.27. The molecule has 4 aliphatic heterocycles. The number of aromatic nitrogens is 4. The molecule has 27 heteroatoms. The van der Waals surface area contributed by atoms with E-state index in [1.807, 2.05) is 44.2 Å². The van der Waals surface area contributed by atoms with Crippen molar-refractivity contribution in [3.63, 3.8) is 0 Å². The topological polar surface area (TPSA) is 300 Å². The van der Waals surface area contributed by atoms with E-state index >= 15 is 0 Å². The average Bonchev–Trinajstić information content (AvgIpc) is 1.59. The van der Waals surface area contributed by atoms with Crippen LogP contribution in [0.25, 0.3) is 0 Å². The van der Waals surface area contributed by atoms with Gasteiger partial charge in [0, 0.05) is 158 Å². The summed E-state index contributed by atoms with van der Waals surface area (Å²) in [5.41, 5.74) is 8.78. The third kappa shape index (κ3) is 20.6. The molecule has 0 amide bonds. The molecular formula is C120H196N4O20Si3. The molecule has 0 bridgehead atoms. The maximum absolute atomic E-state index is 12.3. The van der Waals surface area contributed by atoms with E-state index in [1.165, 1.54) is 48.1 Å². The monoisotopic (exact) mass is 2100 g/mol. The number of carbonyl (C=O) groups excluding carboxylic acids is 6. The first kappa shape index (κ1) is 116. The summed E-state index contributed by atoms with van der Waals surface area (Å²) in [5, 5.41) is 38.6. The first-order chi connectivity index (χ1) is 68.2. The Labute approximate surface area is 886 Å². The summed E-state index contributed by atoms with van der Waals surface area (Å²) >= 11 is 0. The summed E-state index contributed by atoms with van der Waals surface area (Å²) in [6, 6.07) is 0. The highest BCUT2D eigenvalue weighted by molar-refractivity contribution is 6.75. The Morgan fingerprint density at radius 3 is 1.23 bits per heavy atom. The first-order valence-corrected chi connectivity index (χ1v) is 66.4. The van der Waals surface area contributed by atoms with Gasteiger partial charge in [-0.1, -0.05) is 172 Å². The number of ether oxygens (including phenoxy) is 8. The van der Waals surface area contributed by atoms with Crippen molar-refractivity contribution in [3.8, 4) is 0 Å². The fraction of sp³-hybridized carbons (Fsp3) is 0.850. The lowest BCUT2D eigenvalue weighted by Gasteiger charge is -2.52. The van der Waals surface area contributed by atoms with Gasteiger partial charge in [0.15, 0.2) is 65.5 Å². The maximum atomic E-state index is 12.3. The zero-order valence-corrected chi connectivity index (χ0v) is 100. The molecule has 22 rings (SSSR count). The van der Waals surface area contributed by atoms with E-state index in [0.29, 0.717) is 152 Å². The van der Waals surface area contributed by atoms with Crippen LogP contribution in [0.5, 0.6) is 0 Å². The van der Waals surface area contributed by atoms with Gasteiger partial charge in [-0.25, -0.2) is 0 Å². The molecule has 17 fully saturated rings. The van der Waals surface area contributed by atoms with Crippen LogP contribution in [-0.4, -0.2) is 195 Å². The molecule has 2 aromatic rings. The van der Waals surface area contributed by atoms with Crippen molar-refractivity contribution in [2.75, 3.05) is 52.9 Å². The summed E-state index contributed by atoms with van der Waals surface area (Å²) in [4.78, 5) is 72.2. The van der Waals surface area contributed by atoms with Crippen LogP contribution in [0.4, 0.5) is 0 Å². The fourth-order valence-corrected chi connectivity index (χ4v) is 36.7. The summed E-state index contributed by atoms with van der Waals surface area (Å²) in [6.07, 6.45) is 33.7. The van der Waals surface area contributed by atoms with Gasteiger partial charge in [0.2, 0.25) is 0 Å². The van der Waals surface area contributed by atoms with Crippen molar-refractivity contribution in [1.29, 1.82) is 0 Å². The van der Waals surface area contributed by atoms with E-state index in [0.717, 1.165) is 185 Å². The minimum atomic E-state index is -1.74. The lowest BCUT2D eigenvalue weighted by molar-refractivity contribution is -0.243. The second-order valence-electron chi connectivity index (χ2n) is 56.4. The van der Waals surface area contributed by atoms with E-state index in [9.17, 15) is 44.1 Å². The second-order valence-corrected chi connectivity index (χ2v) is 70.6. The van der Waals surface area contributed by atoms with Crippen molar-refractivity contribution < 1.29 is 95.3 Å². The van der Waals surface area contributed by atoms with E-state index in [2.05, 4.69) is 214 Å². The summed E-state index contributed by atoms with van der Waals surface area (Å²) < 4.78 is 71.4. The fourth-order valence-electron chi connectivity index (χ4n) is 32.3. The third-order valence-corrected chi connectivity index (χ3v) is 59.1. The van der Waals surface area contributed by atoms with Crippen molar-refractivity contribution in [2.45, 2.75) is 466 Å². The van der Waals surface area contributed by atoms with Gasteiger partial charge in [0.1, 0.15) is 17.3 Å². The Balaban J connectivity index is 0.000000126. The number of rotatable bonds is 6. The zero-order chi connectivity index (χ0) is 108. The van der Waals surface area contributed by atoms with Crippen molar-refractivity contribution >= 4 is 59.7 Å². The van der Waals surface area contributed by atoms with Crippen LogP contribution in [-0.2, 0) is 118 Å². The average molecular weight is 2100 g/mol. The lowest BCUT2D eigenvalue weighted by Crippen LogP contribution is -2.54. The Bertz CT molecular complexity index is 5240. The van der Waals surface area contributed by atoms with Crippen molar-refractivity contribution in [1.82, 2.24) is 19.6 Å². The predicted molar refractivity (Wildman–Crippen MR) is 581 cm³/mol. The molecule has 6 heterocycles. The number of hydrogen-bond acceptors (Lipinski definition) is 22. The molecule has 26 atom stereocenters. The predicted octanol–water partition coefficient (Wildman–Crippen LogP) is 24.6. The molecular weight excluding hydrogens is 1900 g/mol. The Morgan fingerprint density at radius 2 is 0.762 bits per heavy atom. The normalized spacial score (nSPS) is 40.6. The number of nitrogens with zero attached hydrogens (tertiary/aromatic N) is 4. The standard InChI is InChI=1S/C19H36O3Si.C17H32O2Si.C17H30O2Si.C14H18N2O2.C14H20O4.C13H18N2O.C13H22O3.C13H20O3/c1-14-15-8-9-16(22-23(6,7)17(2,3)4)18(15,5)10-11-19(14)20-12-13-21-19;2*1-12-13-8-9-15(17(13,5)11-10-14(12)18)19-20(6,7)16(2,3)4;1-8-11-4-9-6-16(3)15-13(9)14(11,2)5-10(7-17)12(8)18;1-9-11-7-10(8-15)12(16)13(11,2)3-4-14(9)17-5-6-18-14;1-8-10-6-9-7-15(3)14-12(9)13(10,2)5-4-11(8)16;2*1-9-10-3-4-11(14)12(10,2)5-6-13(9)15-7-8-16-13/h14-16H,8-13H2,1-7H3;12-13,15H,8-11H2,1-7H3;15H,8-11H2,1-7H3;6-8,11,17H,4-5H2,1-3H3;8-9,11,15H,3-7H2,1-2H3;7-8,10H,4-6H2,1-3H3;9-11,14H,3-8H2,1-2H3;9-10H,3-8H2,1-2H3/b;;;10-7-;10-8-;;;/t14-,15-,16-,18-;12-,13-,15-,17-;15-,17-;8-,11-,14-;9-,11-,13-;8-,10-,13-;9-,10-,11-,12-;9-,10-,12-/m00000000/s1. The Kier molecular flexibility index (Phi) is 33.1. The molecule has 24 nitrogen and oxygen atoms in total. The van der Waals surface area contributed by atoms with Crippen LogP contribution in [0.2, 0.25) is 54.4 Å².